The topological polar surface area (TPSA) is 38.3 Å². The molecule has 1 aromatic rings. The Morgan fingerprint density at radius 2 is 1.87 bits per heavy atom. The molecule has 0 aliphatic carbocycles. The molecule has 0 spiro atoms. The molecule has 0 amide bonds. The van der Waals surface area contributed by atoms with Crippen molar-refractivity contribution in [1.82, 2.24) is 0 Å². The van der Waals surface area contributed by atoms with Crippen LogP contribution >= 0.6 is 0 Å². The molecule has 1 N–H and O–H groups in total. The van der Waals surface area contributed by atoms with E-state index < -0.39 is 35.5 Å². The number of carbonyl (C=O) groups excluding carboxylic acids is 1. The van der Waals surface area contributed by atoms with E-state index in [0.29, 0.717) is 12.1 Å². The van der Waals surface area contributed by atoms with Gasteiger partial charge in [0, 0.05) is 5.69 Å². The van der Waals surface area contributed by atoms with Crippen molar-refractivity contribution in [1.29, 1.82) is 0 Å². The zero-order valence-electron chi connectivity index (χ0n) is 11.7. The summed E-state index contributed by atoms with van der Waals surface area (Å²) in [4.78, 5) is 11.7. The zero-order valence-corrected chi connectivity index (χ0v) is 11.7. The van der Waals surface area contributed by atoms with Gasteiger partial charge in [0.05, 0.1) is 17.7 Å². The van der Waals surface area contributed by atoms with Crippen molar-refractivity contribution in [3.8, 4) is 0 Å². The zero-order chi connectivity index (χ0) is 17.4. The van der Waals surface area contributed by atoms with E-state index in [1.165, 1.54) is 6.92 Å². The van der Waals surface area contributed by atoms with Crippen molar-refractivity contribution in [2.75, 3.05) is 11.9 Å². The van der Waals surface area contributed by atoms with Crippen LogP contribution in [0, 0.1) is 0 Å². The highest BCUT2D eigenvalue weighted by Gasteiger charge is 2.46. The molecule has 1 aliphatic heterocycles. The number of carbonyl (C=O) groups is 1. The Labute approximate surface area is 126 Å². The number of fused-ring (bicyclic) bond motifs is 1. The van der Waals surface area contributed by atoms with E-state index in [4.69, 9.17) is 0 Å². The van der Waals surface area contributed by atoms with Crippen LogP contribution in [0.15, 0.2) is 23.8 Å². The lowest BCUT2D eigenvalue weighted by molar-refractivity contribution is -0.150. The lowest BCUT2D eigenvalue weighted by Gasteiger charge is -2.29. The maximum absolute atomic E-state index is 13.1. The van der Waals surface area contributed by atoms with Gasteiger partial charge in [0.25, 0.3) is 0 Å². The summed E-state index contributed by atoms with van der Waals surface area (Å²) in [6.45, 7) is 1.25. The van der Waals surface area contributed by atoms with Crippen LogP contribution in [-0.2, 0) is 15.7 Å². The van der Waals surface area contributed by atoms with Crippen LogP contribution in [0.3, 0.4) is 0 Å². The summed E-state index contributed by atoms with van der Waals surface area (Å²) in [5.74, 6) is -1.23. The fourth-order valence-corrected chi connectivity index (χ4v) is 2.12. The van der Waals surface area contributed by atoms with E-state index in [9.17, 15) is 31.1 Å². The number of nitrogens with one attached hydrogen (secondary N) is 1. The van der Waals surface area contributed by atoms with Crippen molar-refractivity contribution in [3.63, 3.8) is 0 Å². The van der Waals surface area contributed by atoms with Gasteiger partial charge in [-0.15, -0.1) is 0 Å². The van der Waals surface area contributed by atoms with Crippen molar-refractivity contribution < 1.29 is 35.9 Å². The van der Waals surface area contributed by atoms with Crippen LogP contribution in [-0.4, -0.2) is 24.8 Å². The highest BCUT2D eigenvalue weighted by Crippen LogP contribution is 2.38. The van der Waals surface area contributed by atoms with Crippen LogP contribution in [0.4, 0.5) is 32.0 Å². The van der Waals surface area contributed by atoms with Crippen LogP contribution < -0.4 is 5.32 Å². The number of halogens is 6. The molecule has 0 saturated heterocycles. The van der Waals surface area contributed by atoms with Crippen molar-refractivity contribution in [3.05, 3.63) is 34.9 Å². The molecule has 9 heteroatoms. The van der Waals surface area contributed by atoms with Gasteiger partial charge >= 0.3 is 18.3 Å². The molecule has 0 radical (unpaired) electrons. The number of hydrogen-bond donors (Lipinski definition) is 1. The predicted octanol–water partition coefficient (Wildman–Crippen LogP) is 4.01. The van der Waals surface area contributed by atoms with Gasteiger partial charge in [0.2, 0.25) is 0 Å². The number of anilines is 1. The van der Waals surface area contributed by atoms with E-state index in [1.807, 2.05) is 5.32 Å². The number of esters is 1. The largest absolute Gasteiger partial charge is 0.463 e. The number of hydrogen-bond acceptors (Lipinski definition) is 3. The number of ether oxygens (including phenoxy) is 1. The summed E-state index contributed by atoms with van der Waals surface area (Å²) in [7, 11) is 0. The second kappa shape index (κ2) is 5.78. The fraction of sp³-hybridized carbons (Fsp3) is 0.357. The van der Waals surface area contributed by atoms with E-state index >= 15 is 0 Å². The lowest BCUT2D eigenvalue weighted by Crippen LogP contribution is -2.42. The molecule has 0 fully saturated rings. The van der Waals surface area contributed by atoms with Gasteiger partial charge in [-0.1, -0.05) is 0 Å². The van der Waals surface area contributed by atoms with E-state index in [0.717, 1.165) is 12.1 Å². The molecule has 1 heterocycles. The second-order valence-electron chi connectivity index (χ2n) is 4.74. The van der Waals surface area contributed by atoms with Crippen LogP contribution in [0.1, 0.15) is 18.1 Å². The third-order valence-corrected chi connectivity index (χ3v) is 3.14. The van der Waals surface area contributed by atoms with Gasteiger partial charge in [-0.05, 0) is 36.8 Å². The number of benzene rings is 1. The van der Waals surface area contributed by atoms with Gasteiger partial charge < -0.3 is 10.1 Å². The average Bonchev–Trinajstić information content (AvgIpc) is 2.43. The Morgan fingerprint density at radius 3 is 2.39 bits per heavy atom. The van der Waals surface area contributed by atoms with Gasteiger partial charge in [-0.25, -0.2) is 4.79 Å². The standard InChI is InChI=1S/C14H11F6NO2/c1-2-23-12(22)9-6-7-5-8(13(15,16)17)3-4-10(7)21-11(9)14(18,19)20/h3-6,11,21H,2H2,1H3. The molecule has 126 valence electrons. The minimum Gasteiger partial charge on any atom is -0.463 e. The Bertz CT molecular complexity index is 648. The van der Waals surface area contributed by atoms with Gasteiger partial charge in [0.1, 0.15) is 0 Å². The molecule has 0 bridgehead atoms. The highest BCUT2D eigenvalue weighted by molar-refractivity contribution is 5.98. The molecular weight excluding hydrogens is 328 g/mol. The Morgan fingerprint density at radius 1 is 1.22 bits per heavy atom. The summed E-state index contributed by atoms with van der Waals surface area (Å²) >= 11 is 0. The molecule has 2 rings (SSSR count). The maximum Gasteiger partial charge on any atom is 0.416 e. The summed E-state index contributed by atoms with van der Waals surface area (Å²) in [6, 6.07) is -0.0999. The number of rotatable bonds is 2. The van der Waals surface area contributed by atoms with Crippen LogP contribution in [0.25, 0.3) is 6.08 Å². The van der Waals surface area contributed by atoms with E-state index in [2.05, 4.69) is 4.74 Å². The smallest absolute Gasteiger partial charge is 0.416 e. The first-order chi connectivity index (χ1) is 10.5. The van der Waals surface area contributed by atoms with Crippen molar-refractivity contribution in [2.45, 2.75) is 25.3 Å². The van der Waals surface area contributed by atoms with Crippen molar-refractivity contribution >= 4 is 17.7 Å². The van der Waals surface area contributed by atoms with Gasteiger partial charge in [-0.3, -0.25) is 0 Å². The van der Waals surface area contributed by atoms with Crippen LogP contribution in [0.2, 0.25) is 0 Å². The van der Waals surface area contributed by atoms with Gasteiger partial charge in [-0.2, -0.15) is 26.3 Å². The molecule has 0 aromatic heterocycles. The maximum atomic E-state index is 13.1. The predicted molar refractivity (Wildman–Crippen MR) is 69.5 cm³/mol. The first kappa shape index (κ1) is 17.2. The third-order valence-electron chi connectivity index (χ3n) is 3.14. The second-order valence-corrected chi connectivity index (χ2v) is 4.74. The molecule has 3 nitrogen and oxygen atoms in total. The lowest BCUT2D eigenvalue weighted by atomic mass is 9.95. The minimum absolute atomic E-state index is 0.145. The van der Waals surface area contributed by atoms with Gasteiger partial charge in [0.15, 0.2) is 6.04 Å². The minimum atomic E-state index is -4.81. The van der Waals surface area contributed by atoms with E-state index in [-0.39, 0.29) is 17.9 Å². The number of alkyl halides is 6. The molecule has 1 aromatic carbocycles. The molecule has 1 aliphatic rings. The first-order valence-electron chi connectivity index (χ1n) is 6.47. The van der Waals surface area contributed by atoms with Crippen LogP contribution in [0.5, 0.6) is 0 Å². The van der Waals surface area contributed by atoms with E-state index in [1.54, 1.807) is 0 Å². The average molecular weight is 339 g/mol. The summed E-state index contributed by atoms with van der Waals surface area (Å²) in [6.07, 6.45) is -8.68. The summed E-state index contributed by atoms with van der Waals surface area (Å²) in [5, 5.41) is 2.04. The first-order valence-corrected chi connectivity index (χ1v) is 6.47. The highest BCUT2D eigenvalue weighted by atomic mass is 19.4. The third kappa shape index (κ3) is 3.59. The molecule has 1 atom stereocenters. The summed E-state index contributed by atoms with van der Waals surface area (Å²) in [5.41, 5.74) is -2.12. The normalized spacial score (nSPS) is 17.9. The Hall–Kier alpha value is -2.19. The molecule has 23 heavy (non-hydrogen) atoms. The Kier molecular flexibility index (Phi) is 4.32. The van der Waals surface area contributed by atoms with Crippen molar-refractivity contribution in [2.24, 2.45) is 0 Å². The summed E-state index contributed by atoms with van der Waals surface area (Å²) < 4.78 is 81.8. The molecule has 0 saturated carbocycles. The monoisotopic (exact) mass is 339 g/mol. The molecular formula is C14H11F6NO2. The molecule has 1 unspecified atom stereocenters. The fourth-order valence-electron chi connectivity index (χ4n) is 2.12. The Balaban J connectivity index is 2.52. The quantitative estimate of drug-likeness (QED) is 0.654. The SMILES string of the molecule is CCOC(=O)C1=Cc2cc(C(F)(F)F)ccc2NC1C(F)(F)F.